The summed E-state index contributed by atoms with van der Waals surface area (Å²) in [5, 5.41) is 3.81. The molecule has 7 nitrogen and oxygen atoms in total. The Labute approximate surface area is 147 Å². The molecule has 1 saturated heterocycles. The van der Waals surface area contributed by atoms with Crippen LogP contribution in [0.3, 0.4) is 0 Å². The van der Waals surface area contributed by atoms with E-state index in [0.717, 1.165) is 36.7 Å². The second-order valence-electron chi connectivity index (χ2n) is 6.07. The molecule has 0 radical (unpaired) electrons. The number of carbonyl (C=O) groups excluding carboxylic acids is 1. The Hall–Kier alpha value is -2.54. The topological polar surface area (TPSA) is 68.0 Å². The highest BCUT2D eigenvalue weighted by Crippen LogP contribution is 2.25. The van der Waals surface area contributed by atoms with E-state index in [1.807, 2.05) is 23.1 Å². The second-order valence-corrected chi connectivity index (χ2v) is 6.07. The highest BCUT2D eigenvalue weighted by Gasteiger charge is 2.24. The summed E-state index contributed by atoms with van der Waals surface area (Å²) in [5.41, 5.74) is 1.45. The molecule has 25 heavy (non-hydrogen) atoms. The summed E-state index contributed by atoms with van der Waals surface area (Å²) in [5.74, 6) is 2.23. The number of hydrogen-bond acceptors (Lipinski definition) is 6. The number of aromatic nitrogens is 1. The van der Waals surface area contributed by atoms with Crippen molar-refractivity contribution in [2.45, 2.75) is 13.5 Å². The number of amides is 1. The van der Waals surface area contributed by atoms with Gasteiger partial charge in [-0.2, -0.15) is 0 Å². The number of aryl methyl sites for hydroxylation is 1. The Morgan fingerprint density at radius 2 is 1.92 bits per heavy atom. The monoisotopic (exact) mass is 345 g/mol. The Morgan fingerprint density at radius 3 is 2.52 bits per heavy atom. The van der Waals surface area contributed by atoms with E-state index in [-0.39, 0.29) is 5.91 Å². The number of nitrogens with zero attached hydrogens (tertiary/aromatic N) is 3. The third-order valence-electron chi connectivity index (χ3n) is 4.39. The summed E-state index contributed by atoms with van der Waals surface area (Å²) >= 11 is 0. The summed E-state index contributed by atoms with van der Waals surface area (Å²) in [4.78, 5) is 16.5. The smallest absolute Gasteiger partial charge is 0.276 e. The van der Waals surface area contributed by atoms with Crippen LogP contribution in [0.15, 0.2) is 28.8 Å². The Morgan fingerprint density at radius 1 is 1.16 bits per heavy atom. The molecule has 3 rings (SSSR count). The molecule has 0 saturated carbocycles. The number of rotatable bonds is 5. The molecule has 1 aliphatic rings. The van der Waals surface area contributed by atoms with Crippen molar-refractivity contribution in [1.82, 2.24) is 15.0 Å². The first-order valence-corrected chi connectivity index (χ1v) is 8.26. The number of benzene rings is 1. The molecular formula is C18H23N3O4. The van der Waals surface area contributed by atoms with Gasteiger partial charge < -0.3 is 18.9 Å². The van der Waals surface area contributed by atoms with Crippen LogP contribution in [-0.4, -0.2) is 61.3 Å². The van der Waals surface area contributed by atoms with Crippen molar-refractivity contribution < 1.29 is 18.8 Å². The maximum absolute atomic E-state index is 12.4. The van der Waals surface area contributed by atoms with Crippen molar-refractivity contribution in [2.24, 2.45) is 0 Å². The molecule has 7 heteroatoms. The first kappa shape index (κ1) is 17.3. The number of piperazine rings is 1. The third-order valence-corrected chi connectivity index (χ3v) is 4.39. The zero-order valence-corrected chi connectivity index (χ0v) is 14.8. The standard InChI is InChI=1S/C18H23N3O4/c1-13-10-16(19-25-13)18(22)21-8-6-20(7-9-21)12-14-11-15(23-2)4-5-17(14)24-3/h4-5,10-11H,6-9,12H2,1-3H3. The van der Waals surface area contributed by atoms with Crippen molar-refractivity contribution >= 4 is 5.91 Å². The lowest BCUT2D eigenvalue weighted by atomic mass is 10.1. The van der Waals surface area contributed by atoms with Crippen molar-refractivity contribution in [2.75, 3.05) is 40.4 Å². The summed E-state index contributed by atoms with van der Waals surface area (Å²) < 4.78 is 15.7. The quantitative estimate of drug-likeness (QED) is 0.825. The largest absolute Gasteiger partial charge is 0.497 e. The number of carbonyl (C=O) groups is 1. The van der Waals surface area contributed by atoms with Crippen LogP contribution in [0.4, 0.5) is 0 Å². The van der Waals surface area contributed by atoms with E-state index in [0.29, 0.717) is 24.5 Å². The first-order chi connectivity index (χ1) is 12.1. The first-order valence-electron chi connectivity index (χ1n) is 8.26. The molecule has 2 aromatic rings. The molecule has 0 aliphatic carbocycles. The fourth-order valence-corrected chi connectivity index (χ4v) is 2.98. The summed E-state index contributed by atoms with van der Waals surface area (Å²) in [6, 6.07) is 7.48. The zero-order chi connectivity index (χ0) is 17.8. The maximum Gasteiger partial charge on any atom is 0.276 e. The van der Waals surface area contributed by atoms with Gasteiger partial charge in [0, 0.05) is 44.4 Å². The van der Waals surface area contributed by atoms with Crippen LogP contribution in [-0.2, 0) is 6.54 Å². The van der Waals surface area contributed by atoms with Gasteiger partial charge in [0.15, 0.2) is 5.69 Å². The van der Waals surface area contributed by atoms with Gasteiger partial charge in [-0.05, 0) is 25.1 Å². The van der Waals surface area contributed by atoms with Gasteiger partial charge in [-0.25, -0.2) is 0 Å². The lowest BCUT2D eigenvalue weighted by Gasteiger charge is -2.34. The highest BCUT2D eigenvalue weighted by atomic mass is 16.5. The van der Waals surface area contributed by atoms with Gasteiger partial charge in [-0.3, -0.25) is 9.69 Å². The van der Waals surface area contributed by atoms with E-state index in [1.165, 1.54) is 0 Å². The van der Waals surface area contributed by atoms with Gasteiger partial charge in [0.05, 0.1) is 14.2 Å². The molecule has 0 unspecified atom stereocenters. The molecule has 1 amide bonds. The Balaban J connectivity index is 1.60. The van der Waals surface area contributed by atoms with Crippen LogP contribution in [0.5, 0.6) is 11.5 Å². The molecule has 0 atom stereocenters. The molecule has 0 bridgehead atoms. The van der Waals surface area contributed by atoms with Crippen LogP contribution < -0.4 is 9.47 Å². The van der Waals surface area contributed by atoms with E-state index in [2.05, 4.69) is 10.1 Å². The fraction of sp³-hybridized carbons (Fsp3) is 0.444. The molecule has 0 spiro atoms. The number of methoxy groups -OCH3 is 2. The van der Waals surface area contributed by atoms with Crippen molar-refractivity contribution in [3.63, 3.8) is 0 Å². The predicted octanol–water partition coefficient (Wildman–Crippen LogP) is 1.96. The Kier molecular flexibility index (Phi) is 5.23. The predicted molar refractivity (Wildman–Crippen MR) is 92.0 cm³/mol. The number of hydrogen-bond donors (Lipinski definition) is 0. The van der Waals surface area contributed by atoms with Crippen LogP contribution in [0.25, 0.3) is 0 Å². The van der Waals surface area contributed by atoms with Crippen molar-refractivity contribution in [3.05, 3.63) is 41.3 Å². The molecule has 1 fully saturated rings. The van der Waals surface area contributed by atoms with Gasteiger partial charge >= 0.3 is 0 Å². The number of ether oxygens (including phenoxy) is 2. The average Bonchev–Trinajstić information content (AvgIpc) is 3.08. The highest BCUT2D eigenvalue weighted by molar-refractivity contribution is 5.92. The lowest BCUT2D eigenvalue weighted by Crippen LogP contribution is -2.48. The molecule has 0 N–H and O–H groups in total. The average molecular weight is 345 g/mol. The van der Waals surface area contributed by atoms with Crippen molar-refractivity contribution in [1.29, 1.82) is 0 Å². The minimum atomic E-state index is -0.0736. The van der Waals surface area contributed by atoms with Gasteiger partial charge in [-0.1, -0.05) is 5.16 Å². The lowest BCUT2D eigenvalue weighted by molar-refractivity contribution is 0.0617. The molecule has 2 heterocycles. The molecule has 1 aliphatic heterocycles. The second kappa shape index (κ2) is 7.57. The molecule has 1 aromatic heterocycles. The minimum Gasteiger partial charge on any atom is -0.497 e. The molecular weight excluding hydrogens is 322 g/mol. The van der Waals surface area contributed by atoms with Gasteiger partial charge in [0.1, 0.15) is 17.3 Å². The third kappa shape index (κ3) is 3.93. The van der Waals surface area contributed by atoms with Crippen LogP contribution in [0.1, 0.15) is 21.8 Å². The Bertz CT molecular complexity index is 736. The summed E-state index contributed by atoms with van der Waals surface area (Å²) in [6.07, 6.45) is 0. The maximum atomic E-state index is 12.4. The molecule has 1 aromatic carbocycles. The minimum absolute atomic E-state index is 0.0736. The van der Waals surface area contributed by atoms with E-state index < -0.39 is 0 Å². The fourth-order valence-electron chi connectivity index (χ4n) is 2.98. The van der Waals surface area contributed by atoms with Gasteiger partial charge in [-0.15, -0.1) is 0 Å². The zero-order valence-electron chi connectivity index (χ0n) is 14.8. The van der Waals surface area contributed by atoms with Gasteiger partial charge in [0.2, 0.25) is 0 Å². The molecule has 134 valence electrons. The van der Waals surface area contributed by atoms with Crippen molar-refractivity contribution in [3.8, 4) is 11.5 Å². The summed E-state index contributed by atoms with van der Waals surface area (Å²) in [7, 11) is 3.32. The van der Waals surface area contributed by atoms with E-state index >= 15 is 0 Å². The van der Waals surface area contributed by atoms with E-state index in [9.17, 15) is 4.79 Å². The SMILES string of the molecule is COc1ccc(OC)c(CN2CCN(C(=O)c3cc(C)on3)CC2)c1. The van der Waals surface area contributed by atoms with Crippen LogP contribution in [0.2, 0.25) is 0 Å². The van der Waals surface area contributed by atoms with Gasteiger partial charge in [0.25, 0.3) is 5.91 Å². The normalized spacial score (nSPS) is 15.2. The summed E-state index contributed by atoms with van der Waals surface area (Å²) in [6.45, 7) is 5.45. The van der Waals surface area contributed by atoms with Crippen LogP contribution >= 0.6 is 0 Å². The van der Waals surface area contributed by atoms with E-state index in [1.54, 1.807) is 27.2 Å². The van der Waals surface area contributed by atoms with Crippen LogP contribution in [0, 0.1) is 6.92 Å². The van der Waals surface area contributed by atoms with E-state index in [4.69, 9.17) is 14.0 Å².